The van der Waals surface area contributed by atoms with Gasteiger partial charge in [0, 0.05) is 18.2 Å². The number of amides is 1. The van der Waals surface area contributed by atoms with E-state index in [9.17, 15) is 4.79 Å². The van der Waals surface area contributed by atoms with E-state index in [1.807, 2.05) is 24.3 Å². The first-order chi connectivity index (χ1) is 12.5. The molecule has 1 amide bonds. The van der Waals surface area contributed by atoms with Crippen molar-refractivity contribution >= 4 is 35.8 Å². The highest BCUT2D eigenvalue weighted by molar-refractivity contribution is 7.21. The number of nitrogens with one attached hydrogen (secondary N) is 3. The van der Waals surface area contributed by atoms with E-state index in [2.05, 4.69) is 45.5 Å². The predicted molar refractivity (Wildman–Crippen MR) is 110 cm³/mol. The van der Waals surface area contributed by atoms with Gasteiger partial charge in [0.1, 0.15) is 24.6 Å². The van der Waals surface area contributed by atoms with Gasteiger partial charge in [-0.05, 0) is 18.5 Å². The molecular formula is C19H24N4OSSi. The standard InChI is InChI=1S/C19H24N4OSSi/c1-26(2)10-6-9-14(12-20-26)21-18(24)15-11-16-17(22-15)23-19(25-16)13-7-4-3-5-8-13/h3-5,7-8,11,14,20,22H,6,9-10,12H2,1-2H3,(H,21,24)/t14-/m0/s1. The van der Waals surface area contributed by atoms with Crippen molar-refractivity contribution in [1.29, 1.82) is 0 Å². The highest BCUT2D eigenvalue weighted by Gasteiger charge is 2.27. The van der Waals surface area contributed by atoms with Crippen LogP contribution in [0.3, 0.4) is 0 Å². The van der Waals surface area contributed by atoms with Crippen LogP contribution in [0.25, 0.3) is 20.9 Å². The van der Waals surface area contributed by atoms with Crippen molar-refractivity contribution in [3.63, 3.8) is 0 Å². The SMILES string of the molecule is C[Si]1(C)CCC[C@H](NC(=O)c2cc3sc(-c4ccccc4)nc3[nH]2)CN1. The largest absolute Gasteiger partial charge is 0.347 e. The molecule has 1 atom stereocenters. The number of aromatic amines is 1. The fourth-order valence-corrected chi connectivity index (χ4v) is 6.44. The molecule has 0 radical (unpaired) electrons. The first-order valence-corrected chi connectivity index (χ1v) is 13.1. The van der Waals surface area contributed by atoms with Crippen LogP contribution in [-0.4, -0.2) is 36.7 Å². The number of H-pyrrole nitrogens is 1. The van der Waals surface area contributed by atoms with Crippen molar-refractivity contribution in [3.05, 3.63) is 42.1 Å². The van der Waals surface area contributed by atoms with E-state index in [1.54, 1.807) is 11.3 Å². The zero-order chi connectivity index (χ0) is 18.1. The number of nitrogens with zero attached hydrogens (tertiary/aromatic N) is 1. The molecule has 7 heteroatoms. The molecule has 2 aromatic heterocycles. The molecule has 0 saturated carbocycles. The number of thiazole rings is 1. The summed E-state index contributed by atoms with van der Waals surface area (Å²) in [5, 5.41) is 4.15. The Balaban J connectivity index is 1.47. The van der Waals surface area contributed by atoms with Gasteiger partial charge in [0.15, 0.2) is 0 Å². The summed E-state index contributed by atoms with van der Waals surface area (Å²) >= 11 is 1.61. The van der Waals surface area contributed by atoms with Gasteiger partial charge in [0.05, 0.1) is 4.70 Å². The van der Waals surface area contributed by atoms with Crippen molar-refractivity contribution in [2.75, 3.05) is 6.54 Å². The van der Waals surface area contributed by atoms with Crippen molar-refractivity contribution in [2.24, 2.45) is 0 Å². The fourth-order valence-electron chi connectivity index (χ4n) is 3.41. The zero-order valence-electron chi connectivity index (χ0n) is 15.1. The number of benzene rings is 1. The third kappa shape index (κ3) is 3.74. The second-order valence-corrected chi connectivity index (χ2v) is 13.3. The minimum atomic E-state index is -1.28. The lowest BCUT2D eigenvalue weighted by molar-refractivity contribution is 0.0931. The van der Waals surface area contributed by atoms with E-state index in [0.29, 0.717) is 5.69 Å². The monoisotopic (exact) mass is 384 g/mol. The molecule has 1 aliphatic heterocycles. The normalized spacial score (nSPS) is 20.0. The van der Waals surface area contributed by atoms with Gasteiger partial charge in [0.2, 0.25) is 0 Å². The molecule has 1 aliphatic rings. The van der Waals surface area contributed by atoms with Gasteiger partial charge < -0.3 is 15.3 Å². The first-order valence-electron chi connectivity index (χ1n) is 9.11. The van der Waals surface area contributed by atoms with E-state index in [1.165, 1.54) is 12.5 Å². The molecule has 3 heterocycles. The number of carbonyl (C=O) groups excluding carboxylic acids is 1. The molecule has 4 rings (SSSR count). The van der Waals surface area contributed by atoms with Gasteiger partial charge in [-0.15, -0.1) is 11.3 Å². The van der Waals surface area contributed by atoms with Crippen LogP contribution in [0.5, 0.6) is 0 Å². The van der Waals surface area contributed by atoms with Gasteiger partial charge in [-0.3, -0.25) is 4.79 Å². The Hall–Kier alpha value is -1.96. The lowest BCUT2D eigenvalue weighted by Crippen LogP contribution is -2.49. The Morgan fingerprint density at radius 2 is 2.12 bits per heavy atom. The van der Waals surface area contributed by atoms with Crippen LogP contribution in [0.1, 0.15) is 23.3 Å². The summed E-state index contributed by atoms with van der Waals surface area (Å²) in [5.41, 5.74) is 2.48. The van der Waals surface area contributed by atoms with Gasteiger partial charge in [0.25, 0.3) is 5.91 Å². The number of fused-ring (bicyclic) bond motifs is 1. The van der Waals surface area contributed by atoms with Crippen molar-refractivity contribution in [3.8, 4) is 10.6 Å². The molecule has 0 spiro atoms. The van der Waals surface area contributed by atoms with E-state index >= 15 is 0 Å². The second-order valence-electron chi connectivity index (χ2n) is 7.61. The molecule has 0 bridgehead atoms. The Morgan fingerprint density at radius 3 is 2.88 bits per heavy atom. The molecule has 1 saturated heterocycles. The number of aromatic nitrogens is 2. The summed E-state index contributed by atoms with van der Waals surface area (Å²) in [5.74, 6) is -0.0374. The van der Waals surface area contributed by atoms with Crippen LogP contribution < -0.4 is 10.3 Å². The minimum Gasteiger partial charge on any atom is -0.347 e. The average Bonchev–Trinajstić information content (AvgIpc) is 3.14. The number of rotatable bonds is 3. The number of hydrogen-bond acceptors (Lipinski definition) is 4. The third-order valence-electron chi connectivity index (χ3n) is 4.96. The topological polar surface area (TPSA) is 69.8 Å². The summed E-state index contributed by atoms with van der Waals surface area (Å²) in [6.07, 6.45) is 2.22. The number of carbonyl (C=O) groups is 1. The maximum atomic E-state index is 12.6. The Bertz CT molecular complexity index is 887. The lowest BCUT2D eigenvalue weighted by atomic mass is 10.1. The second kappa shape index (κ2) is 6.98. The van der Waals surface area contributed by atoms with Gasteiger partial charge in [-0.1, -0.05) is 49.8 Å². The Kier molecular flexibility index (Phi) is 4.68. The van der Waals surface area contributed by atoms with E-state index in [-0.39, 0.29) is 11.9 Å². The van der Waals surface area contributed by atoms with E-state index in [4.69, 9.17) is 0 Å². The number of hydrogen-bond donors (Lipinski definition) is 3. The van der Waals surface area contributed by atoms with Crippen molar-refractivity contribution < 1.29 is 4.79 Å². The van der Waals surface area contributed by atoms with Crippen LogP contribution in [0, 0.1) is 0 Å². The summed E-state index contributed by atoms with van der Waals surface area (Å²) in [7, 11) is -1.28. The van der Waals surface area contributed by atoms with Crippen LogP contribution in [0.15, 0.2) is 36.4 Å². The smallest absolute Gasteiger partial charge is 0.268 e. The molecule has 3 aromatic rings. The summed E-state index contributed by atoms with van der Waals surface area (Å²) in [4.78, 5) is 24.1. The van der Waals surface area contributed by atoms with Crippen LogP contribution in [-0.2, 0) is 0 Å². The minimum absolute atomic E-state index is 0.0374. The maximum Gasteiger partial charge on any atom is 0.268 e. The Labute approximate surface area is 158 Å². The van der Waals surface area contributed by atoms with Crippen LogP contribution in [0.2, 0.25) is 19.1 Å². The molecule has 26 heavy (non-hydrogen) atoms. The predicted octanol–water partition coefficient (Wildman–Crippen LogP) is 3.98. The molecule has 1 fully saturated rings. The lowest BCUT2D eigenvalue weighted by Gasteiger charge is -2.22. The summed E-state index contributed by atoms with van der Waals surface area (Å²) in [6, 6.07) is 13.5. The van der Waals surface area contributed by atoms with Crippen LogP contribution in [0.4, 0.5) is 0 Å². The maximum absolute atomic E-state index is 12.6. The van der Waals surface area contributed by atoms with Crippen LogP contribution >= 0.6 is 11.3 Å². The molecule has 5 nitrogen and oxygen atoms in total. The molecule has 136 valence electrons. The molecule has 1 aromatic carbocycles. The van der Waals surface area contributed by atoms with E-state index in [0.717, 1.165) is 33.9 Å². The average molecular weight is 385 g/mol. The highest BCUT2D eigenvalue weighted by Crippen LogP contribution is 2.30. The summed E-state index contributed by atoms with van der Waals surface area (Å²) in [6.45, 7) is 5.58. The quantitative estimate of drug-likeness (QED) is 0.598. The molecule has 3 N–H and O–H groups in total. The zero-order valence-corrected chi connectivity index (χ0v) is 17.0. The van der Waals surface area contributed by atoms with Crippen molar-refractivity contribution in [1.82, 2.24) is 20.3 Å². The molecular weight excluding hydrogens is 360 g/mol. The molecule has 0 aliphatic carbocycles. The highest BCUT2D eigenvalue weighted by atomic mass is 32.1. The summed E-state index contributed by atoms with van der Waals surface area (Å²) < 4.78 is 1.02. The Morgan fingerprint density at radius 1 is 1.31 bits per heavy atom. The first kappa shape index (κ1) is 17.5. The van der Waals surface area contributed by atoms with Crippen molar-refractivity contribution in [2.45, 2.75) is 38.0 Å². The van der Waals surface area contributed by atoms with Gasteiger partial charge >= 0.3 is 0 Å². The van der Waals surface area contributed by atoms with Gasteiger partial charge in [-0.25, -0.2) is 4.98 Å². The van der Waals surface area contributed by atoms with E-state index < -0.39 is 8.24 Å². The van der Waals surface area contributed by atoms with Gasteiger partial charge in [-0.2, -0.15) is 0 Å². The third-order valence-corrected chi connectivity index (χ3v) is 8.78. The fraction of sp³-hybridized carbons (Fsp3) is 0.368. The molecule has 0 unspecified atom stereocenters.